The highest BCUT2D eigenvalue weighted by atomic mass is 35.5. The van der Waals surface area contributed by atoms with Gasteiger partial charge in [-0.3, -0.25) is 4.79 Å². The number of nitrogens with one attached hydrogen (secondary N) is 1. The highest BCUT2D eigenvalue weighted by Crippen LogP contribution is 2.23. The summed E-state index contributed by atoms with van der Waals surface area (Å²) in [6, 6.07) is 14.9. The van der Waals surface area contributed by atoms with Crippen LogP contribution in [0.2, 0.25) is 10.0 Å². The van der Waals surface area contributed by atoms with E-state index >= 15 is 0 Å². The number of furan rings is 1. The van der Waals surface area contributed by atoms with Crippen LogP contribution >= 0.6 is 23.2 Å². The fourth-order valence-electron chi connectivity index (χ4n) is 2.55. The Kier molecular flexibility index (Phi) is 6.92. The van der Waals surface area contributed by atoms with Crippen molar-refractivity contribution < 1.29 is 18.7 Å². The average Bonchev–Trinajstić information content (AvgIpc) is 3.16. The Morgan fingerprint density at radius 1 is 1.10 bits per heavy atom. The molecule has 3 rings (SSSR count). The first kappa shape index (κ1) is 21.6. The van der Waals surface area contributed by atoms with E-state index in [9.17, 15) is 9.59 Å². The number of ether oxygens (including phenoxy) is 1. The minimum atomic E-state index is -0.476. The predicted octanol–water partition coefficient (Wildman–Crippen LogP) is 5.58. The molecule has 0 aliphatic heterocycles. The van der Waals surface area contributed by atoms with Gasteiger partial charge in [-0.05, 0) is 56.3 Å². The number of esters is 1. The van der Waals surface area contributed by atoms with Crippen molar-refractivity contribution in [3.63, 3.8) is 0 Å². The average molecular weight is 445 g/mol. The Hall–Kier alpha value is -3.09. The molecule has 2 aromatic carbocycles. The van der Waals surface area contributed by atoms with Crippen LogP contribution in [0.5, 0.6) is 0 Å². The molecular formula is C22H18Cl2N2O4. The van der Waals surface area contributed by atoms with Crippen molar-refractivity contribution >= 4 is 41.3 Å². The molecule has 0 spiro atoms. The Morgan fingerprint density at radius 3 is 2.63 bits per heavy atom. The summed E-state index contributed by atoms with van der Waals surface area (Å²) in [7, 11) is 0. The SMILES string of the molecule is CC(C)OC(=O)c1cccc(-c2ccc(/C=N\NC(=O)c3ccc(Cl)cc3Cl)o2)c1. The Morgan fingerprint density at radius 2 is 1.90 bits per heavy atom. The van der Waals surface area contributed by atoms with Crippen molar-refractivity contribution in [3.05, 3.63) is 81.5 Å². The third-order valence-electron chi connectivity index (χ3n) is 3.89. The molecule has 6 nitrogen and oxygen atoms in total. The summed E-state index contributed by atoms with van der Waals surface area (Å²) < 4.78 is 10.9. The maximum Gasteiger partial charge on any atom is 0.338 e. The van der Waals surface area contributed by atoms with Crippen LogP contribution in [-0.2, 0) is 4.74 Å². The summed E-state index contributed by atoms with van der Waals surface area (Å²) in [5, 5.41) is 4.55. The first-order valence-corrected chi connectivity index (χ1v) is 9.79. The van der Waals surface area contributed by atoms with Crippen molar-refractivity contribution in [2.45, 2.75) is 20.0 Å². The normalized spacial score (nSPS) is 11.1. The molecule has 0 unspecified atom stereocenters. The lowest BCUT2D eigenvalue weighted by Crippen LogP contribution is -2.17. The zero-order valence-electron chi connectivity index (χ0n) is 16.2. The number of hydrazone groups is 1. The van der Waals surface area contributed by atoms with Gasteiger partial charge >= 0.3 is 5.97 Å². The Bertz CT molecular complexity index is 1110. The molecule has 30 heavy (non-hydrogen) atoms. The molecule has 0 aliphatic rings. The van der Waals surface area contributed by atoms with E-state index in [0.717, 1.165) is 0 Å². The summed E-state index contributed by atoms with van der Waals surface area (Å²) in [5.74, 6) is 0.0882. The van der Waals surface area contributed by atoms with E-state index in [-0.39, 0.29) is 16.7 Å². The van der Waals surface area contributed by atoms with Gasteiger partial charge in [-0.25, -0.2) is 10.2 Å². The number of halogens is 2. The van der Waals surface area contributed by atoms with Crippen LogP contribution in [0.15, 0.2) is 64.1 Å². The van der Waals surface area contributed by atoms with Gasteiger partial charge in [-0.15, -0.1) is 0 Å². The fraction of sp³-hybridized carbons (Fsp3) is 0.136. The number of carbonyl (C=O) groups excluding carboxylic acids is 2. The standard InChI is InChI=1S/C22H18Cl2N2O4/c1-13(2)29-22(28)15-5-3-4-14(10-15)20-9-7-17(30-20)12-25-26-21(27)18-8-6-16(23)11-19(18)24/h3-13H,1-2H3,(H,26,27)/b25-12-. The topological polar surface area (TPSA) is 80.9 Å². The molecule has 1 aromatic heterocycles. The second-order valence-electron chi connectivity index (χ2n) is 6.56. The third-order valence-corrected chi connectivity index (χ3v) is 4.43. The number of nitrogens with zero attached hydrogens (tertiary/aromatic N) is 1. The van der Waals surface area contributed by atoms with E-state index in [0.29, 0.717) is 27.7 Å². The first-order chi connectivity index (χ1) is 14.3. The number of hydrogen-bond acceptors (Lipinski definition) is 5. The van der Waals surface area contributed by atoms with Gasteiger partial charge in [0.25, 0.3) is 5.91 Å². The molecule has 3 aromatic rings. The van der Waals surface area contributed by atoms with Crippen LogP contribution in [0.1, 0.15) is 40.3 Å². The van der Waals surface area contributed by atoms with Crippen LogP contribution in [-0.4, -0.2) is 24.2 Å². The fourth-order valence-corrected chi connectivity index (χ4v) is 3.04. The molecule has 0 fully saturated rings. The summed E-state index contributed by atoms with van der Waals surface area (Å²) in [4.78, 5) is 24.2. The van der Waals surface area contributed by atoms with E-state index in [1.807, 2.05) is 6.07 Å². The molecular weight excluding hydrogens is 427 g/mol. The van der Waals surface area contributed by atoms with Crippen molar-refractivity contribution in [3.8, 4) is 11.3 Å². The van der Waals surface area contributed by atoms with E-state index < -0.39 is 11.9 Å². The molecule has 0 aliphatic carbocycles. The first-order valence-electron chi connectivity index (χ1n) is 9.03. The van der Waals surface area contributed by atoms with Gasteiger partial charge in [0.15, 0.2) is 0 Å². The maximum absolute atomic E-state index is 12.1. The Balaban J connectivity index is 1.68. The summed E-state index contributed by atoms with van der Waals surface area (Å²) in [6.07, 6.45) is 1.16. The molecule has 0 saturated carbocycles. The van der Waals surface area contributed by atoms with Crippen molar-refractivity contribution in [2.75, 3.05) is 0 Å². The van der Waals surface area contributed by atoms with Crippen LogP contribution in [0.4, 0.5) is 0 Å². The minimum absolute atomic E-state index is 0.203. The highest BCUT2D eigenvalue weighted by Gasteiger charge is 2.12. The third kappa shape index (κ3) is 5.49. The lowest BCUT2D eigenvalue weighted by Gasteiger charge is -2.08. The molecule has 1 heterocycles. The molecule has 1 amide bonds. The number of amides is 1. The van der Waals surface area contributed by atoms with Gasteiger partial charge in [-0.2, -0.15) is 5.10 Å². The second-order valence-corrected chi connectivity index (χ2v) is 7.40. The second kappa shape index (κ2) is 9.61. The zero-order chi connectivity index (χ0) is 21.7. The lowest BCUT2D eigenvalue weighted by molar-refractivity contribution is 0.0378. The largest absolute Gasteiger partial charge is 0.459 e. The molecule has 0 atom stereocenters. The van der Waals surface area contributed by atoms with Gasteiger partial charge in [0, 0.05) is 10.6 Å². The maximum atomic E-state index is 12.1. The van der Waals surface area contributed by atoms with E-state index in [1.54, 1.807) is 50.2 Å². The molecule has 8 heteroatoms. The van der Waals surface area contributed by atoms with E-state index in [1.165, 1.54) is 18.3 Å². The van der Waals surface area contributed by atoms with Crippen LogP contribution in [0.3, 0.4) is 0 Å². The van der Waals surface area contributed by atoms with Gasteiger partial charge in [0.1, 0.15) is 11.5 Å². The summed E-state index contributed by atoms with van der Waals surface area (Å²) in [6.45, 7) is 3.58. The molecule has 1 N–H and O–H groups in total. The lowest BCUT2D eigenvalue weighted by atomic mass is 10.1. The summed E-state index contributed by atoms with van der Waals surface area (Å²) >= 11 is 11.8. The van der Waals surface area contributed by atoms with Crippen LogP contribution in [0, 0.1) is 0 Å². The van der Waals surface area contributed by atoms with Crippen molar-refractivity contribution in [1.82, 2.24) is 5.43 Å². The van der Waals surface area contributed by atoms with Gasteiger partial charge in [0.05, 0.1) is 28.5 Å². The van der Waals surface area contributed by atoms with Gasteiger partial charge < -0.3 is 9.15 Å². The van der Waals surface area contributed by atoms with Crippen LogP contribution < -0.4 is 5.43 Å². The summed E-state index contributed by atoms with van der Waals surface area (Å²) in [5.41, 5.74) is 3.78. The smallest absolute Gasteiger partial charge is 0.338 e. The Labute approximate surface area is 183 Å². The number of hydrogen-bond donors (Lipinski definition) is 1. The van der Waals surface area contributed by atoms with Gasteiger partial charge in [0.2, 0.25) is 0 Å². The van der Waals surface area contributed by atoms with E-state index in [2.05, 4.69) is 10.5 Å². The van der Waals surface area contributed by atoms with Gasteiger partial charge in [-0.1, -0.05) is 35.3 Å². The minimum Gasteiger partial charge on any atom is -0.459 e. The monoisotopic (exact) mass is 444 g/mol. The quantitative estimate of drug-likeness (QED) is 0.305. The number of benzene rings is 2. The van der Waals surface area contributed by atoms with Crippen LogP contribution in [0.25, 0.3) is 11.3 Å². The zero-order valence-corrected chi connectivity index (χ0v) is 17.7. The van der Waals surface area contributed by atoms with E-state index in [4.69, 9.17) is 32.4 Å². The molecule has 0 saturated heterocycles. The predicted molar refractivity (Wildman–Crippen MR) is 116 cm³/mol. The highest BCUT2D eigenvalue weighted by molar-refractivity contribution is 6.36. The molecule has 0 radical (unpaired) electrons. The molecule has 0 bridgehead atoms. The van der Waals surface area contributed by atoms with Crippen molar-refractivity contribution in [1.29, 1.82) is 0 Å². The molecule has 154 valence electrons. The number of rotatable bonds is 6. The van der Waals surface area contributed by atoms with Crippen molar-refractivity contribution in [2.24, 2.45) is 5.10 Å². The number of carbonyl (C=O) groups is 2.